The average molecular weight is 185 g/mol. The van der Waals surface area contributed by atoms with Gasteiger partial charge in [0.15, 0.2) is 0 Å². The van der Waals surface area contributed by atoms with Crippen LogP contribution >= 0.6 is 0 Å². The average Bonchev–Trinajstić information content (AvgIpc) is 2.88. The Morgan fingerprint density at radius 3 is 2.69 bits per heavy atom. The van der Waals surface area contributed by atoms with Crippen molar-refractivity contribution < 1.29 is 9.53 Å². The van der Waals surface area contributed by atoms with Gasteiger partial charge >= 0.3 is 5.97 Å². The summed E-state index contributed by atoms with van der Waals surface area (Å²) in [5.41, 5.74) is 4.92. The third-order valence-electron chi connectivity index (χ3n) is 2.66. The Morgan fingerprint density at radius 1 is 1.62 bits per heavy atom. The molecule has 0 heterocycles. The van der Waals surface area contributed by atoms with E-state index < -0.39 is 5.54 Å². The molecule has 0 aromatic carbocycles. The molecule has 1 saturated carbocycles. The lowest BCUT2D eigenvalue weighted by Gasteiger charge is -2.20. The molecule has 3 nitrogen and oxygen atoms in total. The summed E-state index contributed by atoms with van der Waals surface area (Å²) in [6.07, 6.45) is 4.22. The van der Waals surface area contributed by atoms with Crippen LogP contribution in [0.4, 0.5) is 0 Å². The number of esters is 1. The van der Waals surface area contributed by atoms with Gasteiger partial charge in [0.05, 0.1) is 6.61 Å². The van der Waals surface area contributed by atoms with Crippen molar-refractivity contribution in [3.8, 4) is 0 Å². The second kappa shape index (κ2) is 4.09. The van der Waals surface area contributed by atoms with Crippen LogP contribution in [0.5, 0.6) is 0 Å². The number of carbonyl (C=O) groups is 1. The molecule has 76 valence electrons. The van der Waals surface area contributed by atoms with Crippen molar-refractivity contribution >= 4 is 5.97 Å². The number of nitrogens with two attached hydrogens (primary N) is 1. The first-order valence-corrected chi connectivity index (χ1v) is 5.02. The van der Waals surface area contributed by atoms with E-state index >= 15 is 0 Å². The summed E-state index contributed by atoms with van der Waals surface area (Å²) in [5, 5.41) is 0. The van der Waals surface area contributed by atoms with Crippen molar-refractivity contribution in [3.05, 3.63) is 0 Å². The first kappa shape index (κ1) is 10.5. The molecule has 2 N–H and O–H groups in total. The molecular formula is C10H19NO2. The molecular weight excluding hydrogens is 166 g/mol. The van der Waals surface area contributed by atoms with Gasteiger partial charge in [0.2, 0.25) is 0 Å². The van der Waals surface area contributed by atoms with Crippen molar-refractivity contribution in [2.75, 3.05) is 6.61 Å². The van der Waals surface area contributed by atoms with Gasteiger partial charge in [-0.05, 0) is 25.7 Å². The molecule has 3 heteroatoms. The van der Waals surface area contributed by atoms with E-state index in [0.717, 1.165) is 12.3 Å². The van der Waals surface area contributed by atoms with Crippen molar-refractivity contribution in [1.29, 1.82) is 0 Å². The molecule has 0 aliphatic heterocycles. The minimum Gasteiger partial charge on any atom is -0.464 e. The van der Waals surface area contributed by atoms with Gasteiger partial charge in [-0.15, -0.1) is 0 Å². The molecule has 0 aromatic heterocycles. The number of hydrogen-bond donors (Lipinski definition) is 1. The summed E-state index contributed by atoms with van der Waals surface area (Å²) in [7, 11) is 0. The number of carbonyl (C=O) groups excluding carboxylic acids is 1. The summed E-state index contributed by atoms with van der Waals surface area (Å²) in [6.45, 7) is 4.14. The van der Waals surface area contributed by atoms with E-state index in [0.29, 0.717) is 13.0 Å². The third kappa shape index (κ3) is 3.35. The Kier molecular flexibility index (Phi) is 3.31. The zero-order valence-corrected chi connectivity index (χ0v) is 8.51. The first-order valence-electron chi connectivity index (χ1n) is 5.02. The highest BCUT2D eigenvalue weighted by molar-refractivity contribution is 5.79. The topological polar surface area (TPSA) is 52.3 Å². The fraction of sp³-hybridized carbons (Fsp3) is 0.900. The smallest absolute Gasteiger partial charge is 0.325 e. The molecule has 0 aromatic rings. The maximum atomic E-state index is 11.4. The lowest BCUT2D eigenvalue weighted by molar-refractivity contribution is -0.149. The van der Waals surface area contributed by atoms with Crippen LogP contribution in [-0.2, 0) is 9.53 Å². The van der Waals surface area contributed by atoms with Gasteiger partial charge in [-0.2, -0.15) is 0 Å². The molecule has 1 atom stereocenters. The van der Waals surface area contributed by atoms with Crippen LogP contribution in [0, 0.1) is 5.92 Å². The SMILES string of the molecule is CCC(C)(N)C(=O)OCCC1CC1. The minimum atomic E-state index is -0.802. The normalized spacial score (nSPS) is 20.8. The molecule has 0 bridgehead atoms. The quantitative estimate of drug-likeness (QED) is 0.660. The van der Waals surface area contributed by atoms with Crippen molar-refractivity contribution in [3.63, 3.8) is 0 Å². The Morgan fingerprint density at radius 2 is 2.23 bits per heavy atom. The predicted octanol–water partition coefficient (Wildman–Crippen LogP) is 1.46. The molecule has 1 unspecified atom stereocenters. The summed E-state index contributed by atoms with van der Waals surface area (Å²) in [4.78, 5) is 11.4. The fourth-order valence-corrected chi connectivity index (χ4v) is 1.03. The van der Waals surface area contributed by atoms with Crippen molar-refractivity contribution in [2.45, 2.75) is 45.1 Å². The molecule has 1 rings (SSSR count). The number of rotatable bonds is 5. The molecule has 1 aliphatic carbocycles. The molecule has 0 saturated heterocycles. The van der Waals surface area contributed by atoms with E-state index in [2.05, 4.69) is 0 Å². The van der Waals surface area contributed by atoms with Gasteiger partial charge in [-0.1, -0.05) is 19.8 Å². The molecule has 0 spiro atoms. The maximum Gasteiger partial charge on any atom is 0.325 e. The highest BCUT2D eigenvalue weighted by Crippen LogP contribution is 2.32. The van der Waals surface area contributed by atoms with E-state index in [-0.39, 0.29) is 5.97 Å². The van der Waals surface area contributed by atoms with Crippen molar-refractivity contribution in [1.82, 2.24) is 0 Å². The van der Waals surface area contributed by atoms with Gasteiger partial charge < -0.3 is 10.5 Å². The van der Waals surface area contributed by atoms with Crippen LogP contribution in [0.1, 0.15) is 39.5 Å². The second-order valence-electron chi connectivity index (χ2n) is 4.14. The molecule has 1 fully saturated rings. The minimum absolute atomic E-state index is 0.268. The molecule has 13 heavy (non-hydrogen) atoms. The second-order valence-corrected chi connectivity index (χ2v) is 4.14. The largest absolute Gasteiger partial charge is 0.464 e. The first-order chi connectivity index (χ1) is 6.06. The van der Waals surface area contributed by atoms with Gasteiger partial charge in [0.25, 0.3) is 0 Å². The van der Waals surface area contributed by atoms with Gasteiger partial charge in [0, 0.05) is 0 Å². The summed E-state index contributed by atoms with van der Waals surface area (Å²) < 4.78 is 5.08. The van der Waals surface area contributed by atoms with Gasteiger partial charge in [0.1, 0.15) is 5.54 Å². The lowest BCUT2D eigenvalue weighted by Crippen LogP contribution is -2.45. The zero-order valence-electron chi connectivity index (χ0n) is 8.51. The van der Waals surface area contributed by atoms with Crippen LogP contribution in [-0.4, -0.2) is 18.1 Å². The van der Waals surface area contributed by atoms with E-state index in [1.165, 1.54) is 12.8 Å². The van der Waals surface area contributed by atoms with Gasteiger partial charge in [-0.3, -0.25) is 4.79 Å². The number of hydrogen-bond acceptors (Lipinski definition) is 3. The zero-order chi connectivity index (χ0) is 9.90. The standard InChI is InChI=1S/C10H19NO2/c1-3-10(2,11)9(12)13-7-6-8-4-5-8/h8H,3-7,11H2,1-2H3. The monoisotopic (exact) mass is 185 g/mol. The predicted molar refractivity (Wildman–Crippen MR) is 51.2 cm³/mol. The molecule has 0 radical (unpaired) electrons. The van der Waals surface area contributed by atoms with Crippen molar-refractivity contribution in [2.24, 2.45) is 11.7 Å². The number of ether oxygens (including phenoxy) is 1. The van der Waals surface area contributed by atoms with Gasteiger partial charge in [-0.25, -0.2) is 0 Å². The Bertz CT molecular complexity index is 185. The van der Waals surface area contributed by atoms with E-state index in [1.54, 1.807) is 6.92 Å². The van der Waals surface area contributed by atoms with Crippen LogP contribution < -0.4 is 5.73 Å². The Labute approximate surface area is 79.6 Å². The highest BCUT2D eigenvalue weighted by Gasteiger charge is 2.28. The molecule has 0 amide bonds. The van der Waals surface area contributed by atoms with Crippen LogP contribution in [0.2, 0.25) is 0 Å². The van der Waals surface area contributed by atoms with Crippen LogP contribution in [0.15, 0.2) is 0 Å². The summed E-state index contributed by atoms with van der Waals surface area (Å²) in [5.74, 6) is 0.536. The van der Waals surface area contributed by atoms with E-state index in [1.807, 2.05) is 6.92 Å². The fourth-order valence-electron chi connectivity index (χ4n) is 1.03. The maximum absolute atomic E-state index is 11.4. The summed E-state index contributed by atoms with van der Waals surface area (Å²) >= 11 is 0. The Balaban J connectivity index is 2.15. The Hall–Kier alpha value is -0.570. The van der Waals surface area contributed by atoms with E-state index in [9.17, 15) is 4.79 Å². The summed E-state index contributed by atoms with van der Waals surface area (Å²) in [6, 6.07) is 0. The van der Waals surface area contributed by atoms with Crippen LogP contribution in [0.3, 0.4) is 0 Å². The lowest BCUT2D eigenvalue weighted by atomic mass is 10.0. The molecule has 1 aliphatic rings. The third-order valence-corrected chi connectivity index (χ3v) is 2.66. The van der Waals surface area contributed by atoms with Crippen LogP contribution in [0.25, 0.3) is 0 Å². The van der Waals surface area contributed by atoms with E-state index in [4.69, 9.17) is 10.5 Å². The highest BCUT2D eigenvalue weighted by atomic mass is 16.5.